The molecule has 3 aromatic carbocycles. The molecule has 0 amide bonds. The number of ketones is 1. The van der Waals surface area contributed by atoms with Crippen LogP contribution in [0.2, 0.25) is 0 Å². The summed E-state index contributed by atoms with van der Waals surface area (Å²) < 4.78 is 10.7. The molecule has 0 unspecified atom stereocenters. The predicted molar refractivity (Wildman–Crippen MR) is 113 cm³/mol. The zero-order valence-electron chi connectivity index (χ0n) is 16.3. The molecule has 1 aromatic heterocycles. The van der Waals surface area contributed by atoms with Crippen molar-refractivity contribution in [3.8, 4) is 5.75 Å². The average Bonchev–Trinajstić information content (AvgIpc) is 3.20. The van der Waals surface area contributed by atoms with Crippen LogP contribution >= 0.6 is 0 Å². The minimum Gasteiger partial charge on any atom is -0.496 e. The maximum atomic E-state index is 12.7. The first kappa shape index (κ1) is 18.7. The van der Waals surface area contributed by atoms with Crippen molar-refractivity contribution in [2.75, 3.05) is 13.7 Å². The van der Waals surface area contributed by atoms with E-state index < -0.39 is 5.97 Å². The number of para-hydroxylation sites is 1. The van der Waals surface area contributed by atoms with Gasteiger partial charge in [-0.15, -0.1) is 0 Å². The predicted octanol–water partition coefficient (Wildman–Crippen LogP) is 4.93. The molecule has 29 heavy (non-hydrogen) atoms. The van der Waals surface area contributed by atoms with E-state index in [2.05, 4.69) is 11.9 Å². The van der Waals surface area contributed by atoms with E-state index in [9.17, 15) is 9.59 Å². The standard InChI is InChI=1S/C24H21NO4/c1-3-15-9-6-10-18-20(13-25-23(15)18)21(26)14-29-24(27)19-11-16-7-4-5-8-17(16)12-22(19)28-2/h4-13,25H,3,14H2,1-2H3. The smallest absolute Gasteiger partial charge is 0.342 e. The van der Waals surface area contributed by atoms with Gasteiger partial charge in [0, 0.05) is 22.7 Å². The van der Waals surface area contributed by atoms with Crippen molar-refractivity contribution < 1.29 is 19.1 Å². The van der Waals surface area contributed by atoms with Crippen LogP contribution in [0.5, 0.6) is 5.75 Å². The van der Waals surface area contributed by atoms with E-state index in [0.29, 0.717) is 16.9 Å². The number of H-pyrrole nitrogens is 1. The van der Waals surface area contributed by atoms with Gasteiger partial charge in [0.05, 0.1) is 7.11 Å². The summed E-state index contributed by atoms with van der Waals surface area (Å²) in [7, 11) is 1.50. The lowest BCUT2D eigenvalue weighted by Gasteiger charge is -2.10. The summed E-state index contributed by atoms with van der Waals surface area (Å²) in [6, 6.07) is 17.0. The lowest BCUT2D eigenvalue weighted by atomic mass is 10.0. The summed E-state index contributed by atoms with van der Waals surface area (Å²) in [5, 5.41) is 2.70. The number of methoxy groups -OCH3 is 1. The van der Waals surface area contributed by atoms with Crippen LogP contribution in [0, 0.1) is 0 Å². The van der Waals surface area contributed by atoms with E-state index in [1.54, 1.807) is 18.3 Å². The molecule has 0 saturated carbocycles. The first-order chi connectivity index (χ1) is 14.1. The molecule has 146 valence electrons. The molecule has 0 aliphatic heterocycles. The highest BCUT2D eigenvalue weighted by molar-refractivity contribution is 6.10. The molecular weight excluding hydrogens is 366 g/mol. The second-order valence-corrected chi connectivity index (χ2v) is 6.79. The lowest BCUT2D eigenvalue weighted by molar-refractivity contribution is 0.0472. The number of Topliss-reactive ketones (excluding diaryl/α,β-unsaturated/α-hetero) is 1. The number of rotatable bonds is 6. The number of aromatic nitrogens is 1. The zero-order chi connectivity index (χ0) is 20.4. The van der Waals surface area contributed by atoms with Gasteiger partial charge in [-0.05, 0) is 34.9 Å². The van der Waals surface area contributed by atoms with Gasteiger partial charge in [0.2, 0.25) is 5.78 Å². The van der Waals surface area contributed by atoms with Crippen LogP contribution in [-0.4, -0.2) is 30.5 Å². The molecule has 4 rings (SSSR count). The van der Waals surface area contributed by atoms with Crippen LogP contribution in [0.4, 0.5) is 0 Å². The summed E-state index contributed by atoms with van der Waals surface area (Å²) in [6.45, 7) is 1.73. The third kappa shape index (κ3) is 3.47. The van der Waals surface area contributed by atoms with Crippen molar-refractivity contribution in [3.63, 3.8) is 0 Å². The monoisotopic (exact) mass is 387 g/mol. The van der Waals surface area contributed by atoms with Crippen LogP contribution in [0.25, 0.3) is 21.7 Å². The number of carbonyl (C=O) groups excluding carboxylic acids is 2. The van der Waals surface area contributed by atoms with Crippen LogP contribution in [0.1, 0.15) is 33.2 Å². The Morgan fingerprint density at radius 2 is 1.72 bits per heavy atom. The Balaban J connectivity index is 1.56. The van der Waals surface area contributed by atoms with Gasteiger partial charge in [-0.1, -0.05) is 49.4 Å². The molecule has 1 N–H and O–H groups in total. The fourth-order valence-electron chi connectivity index (χ4n) is 3.58. The molecule has 0 radical (unpaired) electrons. The van der Waals surface area contributed by atoms with Crippen molar-refractivity contribution in [1.82, 2.24) is 4.98 Å². The average molecular weight is 387 g/mol. The topological polar surface area (TPSA) is 68.4 Å². The molecule has 1 heterocycles. The van der Waals surface area contributed by atoms with Crippen molar-refractivity contribution in [2.45, 2.75) is 13.3 Å². The van der Waals surface area contributed by atoms with Crippen LogP contribution < -0.4 is 4.74 Å². The minimum atomic E-state index is -0.588. The van der Waals surface area contributed by atoms with E-state index in [1.807, 2.05) is 42.5 Å². The highest BCUT2D eigenvalue weighted by Gasteiger charge is 2.19. The molecule has 0 atom stereocenters. The Hall–Kier alpha value is -3.60. The van der Waals surface area contributed by atoms with Gasteiger partial charge in [0.1, 0.15) is 11.3 Å². The van der Waals surface area contributed by atoms with Gasteiger partial charge >= 0.3 is 5.97 Å². The largest absolute Gasteiger partial charge is 0.496 e. The molecule has 4 aromatic rings. The highest BCUT2D eigenvalue weighted by Crippen LogP contribution is 2.27. The number of aryl methyl sites for hydroxylation is 1. The van der Waals surface area contributed by atoms with Gasteiger partial charge < -0.3 is 14.5 Å². The summed E-state index contributed by atoms with van der Waals surface area (Å²) >= 11 is 0. The maximum Gasteiger partial charge on any atom is 0.342 e. The molecule has 0 saturated heterocycles. The molecule has 5 heteroatoms. The normalized spacial score (nSPS) is 11.0. The van der Waals surface area contributed by atoms with Crippen LogP contribution in [0.3, 0.4) is 0 Å². The molecule has 0 bridgehead atoms. The van der Waals surface area contributed by atoms with E-state index in [1.165, 1.54) is 7.11 Å². The SMILES string of the molecule is CCc1cccc2c(C(=O)COC(=O)c3cc4ccccc4cc3OC)c[nH]c12. The Bertz CT molecular complexity index is 1220. The molecule has 0 aliphatic rings. The van der Waals surface area contributed by atoms with E-state index in [4.69, 9.17) is 9.47 Å². The van der Waals surface area contributed by atoms with Crippen molar-refractivity contribution in [1.29, 1.82) is 0 Å². The highest BCUT2D eigenvalue weighted by atomic mass is 16.5. The summed E-state index contributed by atoms with van der Waals surface area (Å²) in [4.78, 5) is 28.5. The second-order valence-electron chi connectivity index (χ2n) is 6.79. The number of hydrogen-bond donors (Lipinski definition) is 1. The van der Waals surface area contributed by atoms with E-state index in [-0.39, 0.29) is 12.4 Å². The number of nitrogens with one attached hydrogen (secondary N) is 1. The Morgan fingerprint density at radius 3 is 2.45 bits per heavy atom. The fraction of sp³-hybridized carbons (Fsp3) is 0.167. The van der Waals surface area contributed by atoms with E-state index in [0.717, 1.165) is 33.7 Å². The van der Waals surface area contributed by atoms with Gasteiger partial charge in [-0.3, -0.25) is 4.79 Å². The molecule has 0 spiro atoms. The van der Waals surface area contributed by atoms with Crippen molar-refractivity contribution in [3.05, 3.63) is 77.5 Å². The quantitative estimate of drug-likeness (QED) is 0.376. The van der Waals surface area contributed by atoms with E-state index >= 15 is 0 Å². The third-order valence-electron chi connectivity index (χ3n) is 5.11. The second kappa shape index (κ2) is 7.80. The van der Waals surface area contributed by atoms with Gasteiger partial charge in [0.25, 0.3) is 0 Å². The number of aromatic amines is 1. The van der Waals surface area contributed by atoms with Crippen molar-refractivity contribution in [2.24, 2.45) is 0 Å². The first-order valence-electron chi connectivity index (χ1n) is 9.48. The van der Waals surface area contributed by atoms with Gasteiger partial charge in [-0.2, -0.15) is 0 Å². The number of carbonyl (C=O) groups is 2. The first-order valence-corrected chi connectivity index (χ1v) is 9.48. The number of ether oxygens (including phenoxy) is 2. The molecular formula is C24H21NO4. The zero-order valence-corrected chi connectivity index (χ0v) is 16.3. The van der Waals surface area contributed by atoms with Gasteiger partial charge in [-0.25, -0.2) is 4.79 Å². The van der Waals surface area contributed by atoms with Crippen LogP contribution in [0.15, 0.2) is 60.8 Å². The number of fused-ring (bicyclic) bond motifs is 2. The third-order valence-corrected chi connectivity index (χ3v) is 5.11. The Labute approximate surface area is 168 Å². The minimum absolute atomic E-state index is 0.252. The molecule has 0 fully saturated rings. The number of hydrogen-bond acceptors (Lipinski definition) is 4. The summed E-state index contributed by atoms with van der Waals surface area (Å²) in [6.07, 6.45) is 2.54. The van der Waals surface area contributed by atoms with Crippen LogP contribution in [-0.2, 0) is 11.2 Å². The summed E-state index contributed by atoms with van der Waals surface area (Å²) in [5.74, 6) is -0.423. The van der Waals surface area contributed by atoms with Gasteiger partial charge in [0.15, 0.2) is 6.61 Å². The lowest BCUT2D eigenvalue weighted by Crippen LogP contribution is -2.14. The molecule has 0 aliphatic carbocycles. The maximum absolute atomic E-state index is 12.7. The molecule has 5 nitrogen and oxygen atoms in total. The fourth-order valence-corrected chi connectivity index (χ4v) is 3.58. The van der Waals surface area contributed by atoms with Crippen molar-refractivity contribution >= 4 is 33.4 Å². The Morgan fingerprint density at radius 1 is 0.966 bits per heavy atom. The Kier molecular flexibility index (Phi) is 5.04. The number of esters is 1. The summed E-state index contributed by atoms with van der Waals surface area (Å²) in [5.41, 5.74) is 2.90. The number of benzene rings is 3.